The van der Waals surface area contributed by atoms with E-state index in [-0.39, 0.29) is 11.6 Å². The molecule has 2 aliphatic heterocycles. The summed E-state index contributed by atoms with van der Waals surface area (Å²) >= 11 is 6.26. The first-order chi connectivity index (χ1) is 16.7. The minimum absolute atomic E-state index is 0.0315. The number of H-pyrrole nitrogens is 1. The molecule has 0 radical (unpaired) electrons. The Morgan fingerprint density at radius 1 is 1.09 bits per heavy atom. The van der Waals surface area contributed by atoms with Gasteiger partial charge >= 0.3 is 0 Å². The number of ether oxygens (including phenoxy) is 1. The summed E-state index contributed by atoms with van der Waals surface area (Å²) < 4.78 is 7.30. The lowest BCUT2D eigenvalue weighted by Gasteiger charge is -2.28. The lowest BCUT2D eigenvalue weighted by Crippen LogP contribution is -2.36. The highest BCUT2D eigenvalue weighted by Gasteiger charge is 2.25. The Hall–Kier alpha value is -3.13. The summed E-state index contributed by atoms with van der Waals surface area (Å²) in [5.74, 6) is 0. The second kappa shape index (κ2) is 8.91. The lowest BCUT2D eigenvalue weighted by atomic mass is 10.0. The number of morpholine rings is 1. The highest BCUT2D eigenvalue weighted by Crippen LogP contribution is 2.31. The van der Waals surface area contributed by atoms with Gasteiger partial charge in [-0.05, 0) is 35.4 Å². The molecule has 0 spiro atoms. The van der Waals surface area contributed by atoms with Gasteiger partial charge in [0.25, 0.3) is 5.56 Å². The number of fused-ring (bicyclic) bond motifs is 1. The van der Waals surface area contributed by atoms with E-state index in [0.29, 0.717) is 5.02 Å². The van der Waals surface area contributed by atoms with Crippen LogP contribution in [0, 0.1) is 0 Å². The van der Waals surface area contributed by atoms with Gasteiger partial charge < -0.3 is 19.2 Å². The monoisotopic (exact) mass is 475 g/mol. The number of halogens is 1. The summed E-state index contributed by atoms with van der Waals surface area (Å²) in [4.78, 5) is 25.8. The van der Waals surface area contributed by atoms with Crippen molar-refractivity contribution in [2.75, 3.05) is 50.8 Å². The molecule has 3 aromatic heterocycles. The molecule has 2 fully saturated rings. The number of aromatic nitrogens is 3. The Morgan fingerprint density at radius 3 is 2.71 bits per heavy atom. The summed E-state index contributed by atoms with van der Waals surface area (Å²) in [7, 11) is 0. The zero-order valence-corrected chi connectivity index (χ0v) is 19.5. The molecular formula is C26H26ClN5O2. The first kappa shape index (κ1) is 21.4. The molecule has 7 nitrogen and oxygen atoms in total. The van der Waals surface area contributed by atoms with Gasteiger partial charge in [-0.3, -0.25) is 9.69 Å². The van der Waals surface area contributed by atoms with Crippen LogP contribution in [0.5, 0.6) is 0 Å². The van der Waals surface area contributed by atoms with Crippen LogP contribution in [0.1, 0.15) is 11.6 Å². The molecule has 8 heteroatoms. The van der Waals surface area contributed by atoms with E-state index in [9.17, 15) is 4.79 Å². The topological polar surface area (TPSA) is 66.2 Å². The molecular weight excluding hydrogens is 450 g/mol. The maximum Gasteiger partial charge on any atom is 0.251 e. The molecule has 2 saturated heterocycles. The van der Waals surface area contributed by atoms with Gasteiger partial charge in [0.05, 0.1) is 31.1 Å². The lowest BCUT2D eigenvalue weighted by molar-refractivity contribution is 0.122. The van der Waals surface area contributed by atoms with Gasteiger partial charge in [-0.2, -0.15) is 0 Å². The summed E-state index contributed by atoms with van der Waals surface area (Å²) in [6.07, 6.45) is 5.74. The standard InChI is InChI=1S/C26H26ClN5O2/c27-20-3-1-2-19(12-20)24(17-30-6-7-30)32-5-4-18(13-25(32)33)23-16-29-26-22(23)14-21(15-28-26)31-8-10-34-11-9-31/h1-5,12-16,24H,6-11,17H2,(H,28,29). The van der Waals surface area contributed by atoms with E-state index < -0.39 is 0 Å². The largest absolute Gasteiger partial charge is 0.378 e. The van der Waals surface area contributed by atoms with Crippen molar-refractivity contribution >= 4 is 28.3 Å². The Balaban J connectivity index is 1.36. The normalized spacial score (nSPS) is 17.3. The molecule has 34 heavy (non-hydrogen) atoms. The number of benzene rings is 1. The van der Waals surface area contributed by atoms with E-state index in [2.05, 4.69) is 25.8 Å². The third-order valence-corrected chi connectivity index (χ3v) is 6.93. The van der Waals surface area contributed by atoms with E-state index >= 15 is 0 Å². The molecule has 0 aliphatic carbocycles. The molecule has 2 aliphatic rings. The van der Waals surface area contributed by atoms with E-state index in [4.69, 9.17) is 16.3 Å². The number of pyridine rings is 2. The molecule has 5 heterocycles. The van der Waals surface area contributed by atoms with Gasteiger partial charge in [-0.1, -0.05) is 23.7 Å². The highest BCUT2D eigenvalue weighted by atomic mass is 35.5. The molecule has 174 valence electrons. The van der Waals surface area contributed by atoms with E-state index in [0.717, 1.165) is 79.3 Å². The molecule has 6 rings (SSSR count). The zero-order chi connectivity index (χ0) is 23.1. The van der Waals surface area contributed by atoms with Crippen LogP contribution >= 0.6 is 11.6 Å². The van der Waals surface area contributed by atoms with Crippen LogP contribution in [0.25, 0.3) is 22.2 Å². The van der Waals surface area contributed by atoms with E-state index in [1.807, 2.05) is 53.5 Å². The third kappa shape index (κ3) is 4.22. The first-order valence-electron chi connectivity index (χ1n) is 11.7. The predicted octanol–water partition coefficient (Wildman–Crippen LogP) is 3.79. The summed E-state index contributed by atoms with van der Waals surface area (Å²) in [5, 5.41) is 1.69. The average Bonchev–Trinajstić information content (AvgIpc) is 3.59. The van der Waals surface area contributed by atoms with Gasteiger partial charge in [0.1, 0.15) is 5.65 Å². The Kier molecular flexibility index (Phi) is 5.61. The number of hydrogen-bond donors (Lipinski definition) is 1. The van der Waals surface area contributed by atoms with Crippen molar-refractivity contribution in [1.82, 2.24) is 19.4 Å². The molecule has 4 aromatic rings. The molecule has 1 unspecified atom stereocenters. The fourth-order valence-electron chi connectivity index (χ4n) is 4.71. The van der Waals surface area contributed by atoms with Crippen molar-refractivity contribution in [2.24, 2.45) is 0 Å². The van der Waals surface area contributed by atoms with Gasteiger partial charge in [0, 0.05) is 67.2 Å². The van der Waals surface area contributed by atoms with Gasteiger partial charge in [0.2, 0.25) is 0 Å². The third-order valence-electron chi connectivity index (χ3n) is 6.69. The van der Waals surface area contributed by atoms with E-state index in [1.54, 1.807) is 6.07 Å². The van der Waals surface area contributed by atoms with Crippen LogP contribution in [0.2, 0.25) is 5.02 Å². The van der Waals surface area contributed by atoms with Crippen molar-refractivity contribution in [2.45, 2.75) is 6.04 Å². The highest BCUT2D eigenvalue weighted by molar-refractivity contribution is 6.30. The van der Waals surface area contributed by atoms with Crippen LogP contribution in [0.15, 0.2) is 65.8 Å². The fourth-order valence-corrected chi connectivity index (χ4v) is 4.90. The van der Waals surface area contributed by atoms with Gasteiger partial charge in [-0.15, -0.1) is 0 Å². The molecule has 1 aromatic carbocycles. The predicted molar refractivity (Wildman–Crippen MR) is 135 cm³/mol. The first-order valence-corrected chi connectivity index (χ1v) is 12.0. The quantitative estimate of drug-likeness (QED) is 0.430. The number of hydrogen-bond acceptors (Lipinski definition) is 5. The SMILES string of the molecule is O=c1cc(-c2c[nH]c3ncc(N4CCOCC4)cc23)ccn1C(CN1CC1)c1cccc(Cl)c1. The smallest absolute Gasteiger partial charge is 0.251 e. The van der Waals surface area contributed by atoms with Crippen LogP contribution < -0.4 is 10.5 Å². The van der Waals surface area contributed by atoms with Crippen LogP contribution in [-0.2, 0) is 4.74 Å². The summed E-state index contributed by atoms with van der Waals surface area (Å²) in [6.45, 7) is 6.08. The number of rotatable bonds is 6. The van der Waals surface area contributed by atoms with Gasteiger partial charge in [-0.25, -0.2) is 4.98 Å². The number of nitrogens with one attached hydrogen (secondary N) is 1. The van der Waals surface area contributed by atoms with Crippen molar-refractivity contribution in [3.05, 3.63) is 82.0 Å². The second-order valence-electron chi connectivity index (χ2n) is 8.92. The Bertz CT molecular complexity index is 1390. The Labute approximate surface area is 202 Å². The molecule has 0 amide bonds. The van der Waals surface area contributed by atoms with Crippen molar-refractivity contribution in [3.63, 3.8) is 0 Å². The maximum absolute atomic E-state index is 13.4. The minimum Gasteiger partial charge on any atom is -0.378 e. The number of nitrogens with zero attached hydrogens (tertiary/aromatic N) is 4. The number of anilines is 1. The van der Waals surface area contributed by atoms with E-state index in [1.165, 1.54) is 0 Å². The average molecular weight is 476 g/mol. The second-order valence-corrected chi connectivity index (χ2v) is 9.36. The fraction of sp³-hybridized carbons (Fsp3) is 0.308. The summed E-state index contributed by atoms with van der Waals surface area (Å²) in [5.41, 5.74) is 4.76. The molecule has 0 saturated carbocycles. The number of aromatic amines is 1. The van der Waals surface area contributed by atoms with Crippen molar-refractivity contribution in [3.8, 4) is 11.1 Å². The molecule has 1 N–H and O–H groups in total. The molecule has 0 bridgehead atoms. The van der Waals surface area contributed by atoms with Crippen molar-refractivity contribution in [1.29, 1.82) is 0 Å². The minimum atomic E-state index is -0.0830. The van der Waals surface area contributed by atoms with Crippen LogP contribution in [0.3, 0.4) is 0 Å². The molecule has 1 atom stereocenters. The Morgan fingerprint density at radius 2 is 1.94 bits per heavy atom. The van der Waals surface area contributed by atoms with Crippen molar-refractivity contribution < 1.29 is 4.74 Å². The zero-order valence-electron chi connectivity index (χ0n) is 18.8. The van der Waals surface area contributed by atoms with Crippen LogP contribution in [-0.4, -0.2) is 65.4 Å². The maximum atomic E-state index is 13.4. The van der Waals surface area contributed by atoms with Crippen LogP contribution in [0.4, 0.5) is 5.69 Å². The van der Waals surface area contributed by atoms with Gasteiger partial charge in [0.15, 0.2) is 0 Å². The summed E-state index contributed by atoms with van der Waals surface area (Å²) in [6, 6.07) is 13.6.